The van der Waals surface area contributed by atoms with Crippen molar-refractivity contribution in [3.05, 3.63) is 59.5 Å². The van der Waals surface area contributed by atoms with Crippen molar-refractivity contribution in [1.29, 1.82) is 0 Å². The van der Waals surface area contributed by atoms with E-state index >= 15 is 0 Å². The molecule has 1 saturated heterocycles. The van der Waals surface area contributed by atoms with Gasteiger partial charge in [-0.2, -0.15) is 0 Å². The van der Waals surface area contributed by atoms with Gasteiger partial charge in [-0.15, -0.1) is 11.3 Å². The van der Waals surface area contributed by atoms with Crippen molar-refractivity contribution < 1.29 is 4.79 Å². The number of piperidine rings is 1. The number of pyridine rings is 1. The van der Waals surface area contributed by atoms with Gasteiger partial charge in [-0.25, -0.2) is 9.97 Å². The number of nitrogens with zero attached hydrogens (tertiary/aromatic N) is 4. The van der Waals surface area contributed by atoms with Crippen LogP contribution in [0.3, 0.4) is 0 Å². The summed E-state index contributed by atoms with van der Waals surface area (Å²) >= 11 is 1.45. The van der Waals surface area contributed by atoms with Gasteiger partial charge >= 0.3 is 0 Å². The fraction of sp³-hybridized carbons (Fsp3) is 0.304. The first-order valence-electron chi connectivity index (χ1n) is 10.5. The highest BCUT2D eigenvalue weighted by molar-refractivity contribution is 7.14. The second-order valence-electron chi connectivity index (χ2n) is 8.02. The molecule has 5 rings (SSSR count). The minimum absolute atomic E-state index is 0.0142. The number of benzene rings is 1. The fourth-order valence-electron chi connectivity index (χ4n) is 4.00. The van der Waals surface area contributed by atoms with Crippen LogP contribution in [0, 0.1) is 12.8 Å². The van der Waals surface area contributed by atoms with Crippen molar-refractivity contribution in [2.24, 2.45) is 5.92 Å². The number of imidazole rings is 1. The van der Waals surface area contributed by atoms with Crippen LogP contribution in [0.15, 0.2) is 48.1 Å². The second kappa shape index (κ2) is 8.56. The Balaban J connectivity index is 1.15. The minimum Gasteiger partial charge on any atom is -0.341 e. The molecule has 1 amide bonds. The van der Waals surface area contributed by atoms with Crippen LogP contribution in [0.1, 0.15) is 24.2 Å². The average molecular weight is 433 g/mol. The SMILES string of the molecule is Cc1ccc2nc(CN3CCC(C(=O)Nc4nc(-c5cccnc5)cs4)CC3)[nH]c2c1. The minimum atomic E-state index is 0.0142. The van der Waals surface area contributed by atoms with Crippen molar-refractivity contribution in [3.8, 4) is 11.3 Å². The molecule has 7 nitrogen and oxygen atoms in total. The Kier molecular flexibility index (Phi) is 5.48. The zero-order valence-corrected chi connectivity index (χ0v) is 18.2. The molecule has 1 aliphatic heterocycles. The molecule has 0 saturated carbocycles. The van der Waals surface area contributed by atoms with Crippen LogP contribution < -0.4 is 5.32 Å². The van der Waals surface area contributed by atoms with E-state index in [0.717, 1.165) is 60.6 Å². The van der Waals surface area contributed by atoms with E-state index in [0.29, 0.717) is 5.13 Å². The van der Waals surface area contributed by atoms with Crippen LogP contribution in [-0.2, 0) is 11.3 Å². The highest BCUT2D eigenvalue weighted by Crippen LogP contribution is 2.26. The fourth-order valence-corrected chi connectivity index (χ4v) is 4.72. The quantitative estimate of drug-likeness (QED) is 0.493. The summed E-state index contributed by atoms with van der Waals surface area (Å²) in [4.78, 5) is 31.9. The number of hydrogen-bond acceptors (Lipinski definition) is 6. The first kappa shape index (κ1) is 19.8. The lowest BCUT2D eigenvalue weighted by Crippen LogP contribution is -2.38. The Morgan fingerprint density at radius 1 is 1.26 bits per heavy atom. The van der Waals surface area contributed by atoms with Crippen LogP contribution in [0.5, 0.6) is 0 Å². The van der Waals surface area contributed by atoms with Gasteiger partial charge in [0.05, 0.1) is 23.3 Å². The van der Waals surface area contributed by atoms with Crippen LogP contribution in [0.25, 0.3) is 22.3 Å². The predicted octanol–water partition coefficient (Wildman–Crippen LogP) is 4.24. The van der Waals surface area contributed by atoms with Crippen molar-refractivity contribution in [2.45, 2.75) is 26.3 Å². The number of carbonyl (C=O) groups is 1. The van der Waals surface area contributed by atoms with E-state index in [2.05, 4.69) is 50.3 Å². The summed E-state index contributed by atoms with van der Waals surface area (Å²) in [5, 5.41) is 5.59. The lowest BCUT2D eigenvalue weighted by atomic mass is 9.96. The molecule has 0 spiro atoms. The van der Waals surface area contributed by atoms with Crippen LogP contribution in [-0.4, -0.2) is 43.8 Å². The topological polar surface area (TPSA) is 86.8 Å². The monoisotopic (exact) mass is 432 g/mol. The Labute approximate surface area is 184 Å². The maximum Gasteiger partial charge on any atom is 0.229 e. The Hall–Kier alpha value is -3.10. The Bertz CT molecular complexity index is 1190. The molecule has 158 valence electrons. The standard InChI is InChI=1S/C23H24N6OS/c1-15-4-5-18-19(11-15)26-21(25-18)13-29-9-6-16(7-10-29)22(30)28-23-27-20(14-31-23)17-3-2-8-24-12-17/h2-5,8,11-12,14,16H,6-7,9-10,13H2,1H3,(H,25,26)(H,27,28,30). The number of anilines is 1. The Morgan fingerprint density at radius 2 is 2.13 bits per heavy atom. The summed E-state index contributed by atoms with van der Waals surface area (Å²) in [6.07, 6.45) is 5.19. The number of likely N-dealkylation sites (tertiary alicyclic amines) is 1. The second-order valence-corrected chi connectivity index (χ2v) is 8.88. The first-order valence-corrected chi connectivity index (χ1v) is 11.4. The molecule has 0 bridgehead atoms. The summed E-state index contributed by atoms with van der Waals surface area (Å²) in [5.41, 5.74) is 5.10. The molecule has 1 fully saturated rings. The molecule has 8 heteroatoms. The van der Waals surface area contributed by atoms with E-state index in [-0.39, 0.29) is 11.8 Å². The van der Waals surface area contributed by atoms with Crippen molar-refractivity contribution in [3.63, 3.8) is 0 Å². The maximum absolute atomic E-state index is 12.7. The van der Waals surface area contributed by atoms with Gasteiger partial charge in [0.25, 0.3) is 0 Å². The molecular weight excluding hydrogens is 408 g/mol. The highest BCUT2D eigenvalue weighted by Gasteiger charge is 2.26. The van der Waals surface area contributed by atoms with Gasteiger partial charge in [0.1, 0.15) is 5.82 Å². The highest BCUT2D eigenvalue weighted by atomic mass is 32.1. The molecule has 0 aliphatic carbocycles. The Morgan fingerprint density at radius 3 is 2.94 bits per heavy atom. The number of H-pyrrole nitrogens is 1. The number of amides is 1. The summed E-state index contributed by atoms with van der Waals surface area (Å²) < 4.78 is 0. The normalized spacial score (nSPS) is 15.4. The number of hydrogen-bond donors (Lipinski definition) is 2. The number of aromatic amines is 1. The molecule has 0 unspecified atom stereocenters. The van der Waals surface area contributed by atoms with E-state index in [1.807, 2.05) is 17.5 Å². The molecular formula is C23H24N6OS. The molecule has 3 aromatic heterocycles. The summed E-state index contributed by atoms with van der Waals surface area (Å²) in [6.45, 7) is 4.63. The summed E-state index contributed by atoms with van der Waals surface area (Å²) in [7, 11) is 0. The number of thiazole rings is 1. The predicted molar refractivity (Wildman–Crippen MR) is 123 cm³/mol. The third-order valence-corrected chi connectivity index (χ3v) is 6.47. The zero-order chi connectivity index (χ0) is 21.2. The summed E-state index contributed by atoms with van der Waals surface area (Å²) in [5.74, 6) is 1.06. The number of aryl methyl sites for hydroxylation is 1. The van der Waals surface area contributed by atoms with Crippen molar-refractivity contribution in [2.75, 3.05) is 18.4 Å². The van der Waals surface area contributed by atoms with Gasteiger partial charge in [-0.3, -0.25) is 14.7 Å². The van der Waals surface area contributed by atoms with Gasteiger partial charge in [0.2, 0.25) is 5.91 Å². The average Bonchev–Trinajstić information content (AvgIpc) is 3.41. The first-order chi connectivity index (χ1) is 15.1. The third kappa shape index (κ3) is 4.50. The number of fused-ring (bicyclic) bond motifs is 1. The molecule has 4 aromatic rings. The van der Waals surface area contributed by atoms with Crippen LogP contribution >= 0.6 is 11.3 Å². The van der Waals surface area contributed by atoms with E-state index in [9.17, 15) is 4.79 Å². The van der Waals surface area contributed by atoms with E-state index < -0.39 is 0 Å². The van der Waals surface area contributed by atoms with Gasteiger partial charge in [0.15, 0.2) is 5.13 Å². The molecule has 0 atom stereocenters. The van der Waals surface area contributed by atoms with Crippen LogP contribution in [0.4, 0.5) is 5.13 Å². The molecule has 31 heavy (non-hydrogen) atoms. The zero-order valence-electron chi connectivity index (χ0n) is 17.3. The third-order valence-electron chi connectivity index (χ3n) is 5.71. The van der Waals surface area contributed by atoms with Crippen LogP contribution in [0.2, 0.25) is 0 Å². The maximum atomic E-state index is 12.7. The lowest BCUT2D eigenvalue weighted by Gasteiger charge is -2.30. The molecule has 1 aliphatic rings. The lowest BCUT2D eigenvalue weighted by molar-refractivity contribution is -0.121. The number of aromatic nitrogens is 4. The van der Waals surface area contributed by atoms with E-state index in [1.165, 1.54) is 16.9 Å². The van der Waals surface area contributed by atoms with Gasteiger partial charge in [-0.05, 0) is 62.7 Å². The summed E-state index contributed by atoms with van der Waals surface area (Å²) in [6, 6.07) is 10.1. The molecule has 0 radical (unpaired) electrons. The largest absolute Gasteiger partial charge is 0.341 e. The number of rotatable bonds is 5. The molecule has 1 aromatic carbocycles. The smallest absolute Gasteiger partial charge is 0.229 e. The molecule has 2 N–H and O–H groups in total. The van der Waals surface area contributed by atoms with Gasteiger partial charge in [0, 0.05) is 29.3 Å². The van der Waals surface area contributed by atoms with Gasteiger partial charge < -0.3 is 10.3 Å². The van der Waals surface area contributed by atoms with E-state index in [4.69, 9.17) is 4.98 Å². The number of nitrogens with one attached hydrogen (secondary N) is 2. The van der Waals surface area contributed by atoms with E-state index in [1.54, 1.807) is 12.4 Å². The molecule has 4 heterocycles. The number of carbonyl (C=O) groups excluding carboxylic acids is 1. The van der Waals surface area contributed by atoms with Gasteiger partial charge in [-0.1, -0.05) is 6.07 Å². The van der Waals surface area contributed by atoms with Crippen molar-refractivity contribution >= 4 is 33.4 Å². The van der Waals surface area contributed by atoms with Crippen molar-refractivity contribution in [1.82, 2.24) is 24.8 Å².